The van der Waals surface area contributed by atoms with E-state index in [1.165, 1.54) is 0 Å². The van der Waals surface area contributed by atoms with Crippen molar-refractivity contribution in [3.05, 3.63) is 24.3 Å². The van der Waals surface area contributed by atoms with Crippen LogP contribution in [0.5, 0.6) is 5.75 Å². The SMILES string of the molecule is CN(CCCOc1ccccc1N)CC1(O)CCCC1. The largest absolute Gasteiger partial charge is 0.491 e. The quantitative estimate of drug-likeness (QED) is 0.593. The fraction of sp³-hybridized carbons (Fsp3) is 0.625. The average Bonchev–Trinajstić information content (AvgIpc) is 2.83. The molecule has 0 amide bonds. The van der Waals surface area contributed by atoms with Gasteiger partial charge in [0, 0.05) is 13.1 Å². The zero-order chi connectivity index (χ0) is 14.4. The summed E-state index contributed by atoms with van der Waals surface area (Å²) < 4.78 is 5.67. The van der Waals surface area contributed by atoms with Gasteiger partial charge in [0.1, 0.15) is 5.75 Å². The van der Waals surface area contributed by atoms with Gasteiger partial charge in [0.2, 0.25) is 0 Å². The molecule has 0 bridgehead atoms. The van der Waals surface area contributed by atoms with Crippen molar-refractivity contribution in [1.29, 1.82) is 0 Å². The van der Waals surface area contributed by atoms with Gasteiger partial charge in [-0.3, -0.25) is 0 Å². The molecule has 0 unspecified atom stereocenters. The third kappa shape index (κ3) is 4.39. The molecule has 2 rings (SSSR count). The topological polar surface area (TPSA) is 58.7 Å². The number of nitrogen functional groups attached to an aromatic ring is 1. The lowest BCUT2D eigenvalue weighted by molar-refractivity contribution is 0.0155. The first kappa shape index (κ1) is 15.1. The minimum atomic E-state index is -0.459. The lowest BCUT2D eigenvalue weighted by Crippen LogP contribution is -2.39. The van der Waals surface area contributed by atoms with Crippen LogP contribution in [0, 0.1) is 0 Å². The van der Waals surface area contributed by atoms with E-state index >= 15 is 0 Å². The molecule has 4 nitrogen and oxygen atoms in total. The van der Waals surface area contributed by atoms with Gasteiger partial charge in [0.15, 0.2) is 0 Å². The standard InChI is InChI=1S/C16H26N2O2/c1-18(13-16(19)9-4-5-10-16)11-6-12-20-15-8-3-2-7-14(15)17/h2-3,7-8,19H,4-6,9-13,17H2,1H3. The minimum absolute atomic E-state index is 0.459. The molecular weight excluding hydrogens is 252 g/mol. The van der Waals surface area contributed by atoms with Crippen LogP contribution in [0.3, 0.4) is 0 Å². The van der Waals surface area contributed by atoms with Crippen LogP contribution in [0.2, 0.25) is 0 Å². The van der Waals surface area contributed by atoms with Crippen LogP contribution in [-0.2, 0) is 0 Å². The summed E-state index contributed by atoms with van der Waals surface area (Å²) in [5, 5.41) is 10.3. The highest BCUT2D eigenvalue weighted by Gasteiger charge is 2.31. The van der Waals surface area contributed by atoms with Crippen molar-refractivity contribution >= 4 is 5.69 Å². The fourth-order valence-corrected chi connectivity index (χ4v) is 2.90. The monoisotopic (exact) mass is 278 g/mol. The Balaban J connectivity index is 1.64. The van der Waals surface area contributed by atoms with Gasteiger partial charge in [-0.2, -0.15) is 0 Å². The maximum Gasteiger partial charge on any atom is 0.142 e. The molecule has 20 heavy (non-hydrogen) atoms. The number of benzene rings is 1. The molecule has 0 spiro atoms. The van der Waals surface area contributed by atoms with Crippen LogP contribution >= 0.6 is 0 Å². The van der Waals surface area contributed by atoms with Crippen molar-refractivity contribution in [3.63, 3.8) is 0 Å². The molecule has 0 heterocycles. The number of aliphatic hydroxyl groups is 1. The minimum Gasteiger partial charge on any atom is -0.491 e. The summed E-state index contributed by atoms with van der Waals surface area (Å²) in [5.41, 5.74) is 6.04. The van der Waals surface area contributed by atoms with Gasteiger partial charge in [-0.15, -0.1) is 0 Å². The highest BCUT2D eigenvalue weighted by Crippen LogP contribution is 2.29. The summed E-state index contributed by atoms with van der Waals surface area (Å²) in [7, 11) is 2.06. The van der Waals surface area contributed by atoms with E-state index in [1.807, 2.05) is 24.3 Å². The molecule has 0 saturated heterocycles. The van der Waals surface area contributed by atoms with Crippen LogP contribution < -0.4 is 10.5 Å². The third-order valence-electron chi connectivity index (χ3n) is 3.96. The van der Waals surface area contributed by atoms with Crippen molar-refractivity contribution in [1.82, 2.24) is 4.90 Å². The number of hydrogen-bond donors (Lipinski definition) is 2. The molecule has 112 valence electrons. The maximum atomic E-state index is 10.3. The molecule has 1 saturated carbocycles. The molecule has 0 radical (unpaired) electrons. The zero-order valence-corrected chi connectivity index (χ0v) is 12.3. The Hall–Kier alpha value is -1.26. The molecule has 0 aliphatic heterocycles. The van der Waals surface area contributed by atoms with Crippen molar-refractivity contribution in [2.45, 2.75) is 37.7 Å². The number of likely N-dealkylation sites (N-methyl/N-ethyl adjacent to an activating group) is 1. The Morgan fingerprint density at radius 3 is 2.70 bits per heavy atom. The Morgan fingerprint density at radius 2 is 2.00 bits per heavy atom. The van der Waals surface area contributed by atoms with E-state index in [0.717, 1.165) is 50.9 Å². The summed E-state index contributed by atoms with van der Waals surface area (Å²) in [6, 6.07) is 7.56. The molecular formula is C16H26N2O2. The lowest BCUT2D eigenvalue weighted by atomic mass is 10.0. The molecule has 1 aliphatic carbocycles. The Bertz CT molecular complexity index is 417. The highest BCUT2D eigenvalue weighted by molar-refractivity contribution is 5.51. The number of para-hydroxylation sites is 2. The summed E-state index contributed by atoms with van der Waals surface area (Å²) in [5.74, 6) is 0.754. The van der Waals surface area contributed by atoms with Gasteiger partial charge in [0.05, 0.1) is 17.9 Å². The third-order valence-corrected chi connectivity index (χ3v) is 3.96. The number of nitrogens with two attached hydrogens (primary N) is 1. The van der Waals surface area contributed by atoms with E-state index < -0.39 is 5.60 Å². The van der Waals surface area contributed by atoms with Gasteiger partial charge < -0.3 is 20.5 Å². The molecule has 0 aromatic heterocycles. The Morgan fingerprint density at radius 1 is 1.30 bits per heavy atom. The first-order chi connectivity index (χ1) is 9.59. The van der Waals surface area contributed by atoms with Crippen LogP contribution in [0.4, 0.5) is 5.69 Å². The second-order valence-electron chi connectivity index (χ2n) is 5.91. The maximum absolute atomic E-state index is 10.3. The van der Waals surface area contributed by atoms with E-state index in [0.29, 0.717) is 12.3 Å². The van der Waals surface area contributed by atoms with Gasteiger partial charge in [-0.1, -0.05) is 25.0 Å². The van der Waals surface area contributed by atoms with E-state index in [4.69, 9.17) is 10.5 Å². The summed E-state index contributed by atoms with van der Waals surface area (Å²) in [6.07, 6.45) is 5.12. The van der Waals surface area contributed by atoms with E-state index in [9.17, 15) is 5.11 Å². The van der Waals surface area contributed by atoms with Crippen molar-refractivity contribution in [2.24, 2.45) is 0 Å². The Labute approximate surface area is 121 Å². The van der Waals surface area contributed by atoms with Gasteiger partial charge in [-0.25, -0.2) is 0 Å². The molecule has 1 fully saturated rings. The van der Waals surface area contributed by atoms with Crippen LogP contribution in [0.15, 0.2) is 24.3 Å². The number of hydrogen-bond acceptors (Lipinski definition) is 4. The normalized spacial score (nSPS) is 17.6. The highest BCUT2D eigenvalue weighted by atomic mass is 16.5. The van der Waals surface area contributed by atoms with E-state index in [2.05, 4.69) is 11.9 Å². The summed E-state index contributed by atoms with van der Waals surface area (Å²) in [4.78, 5) is 2.20. The van der Waals surface area contributed by atoms with E-state index in [1.54, 1.807) is 0 Å². The van der Waals surface area contributed by atoms with Gasteiger partial charge in [-0.05, 0) is 38.4 Å². The zero-order valence-electron chi connectivity index (χ0n) is 12.3. The van der Waals surface area contributed by atoms with Gasteiger partial charge in [0.25, 0.3) is 0 Å². The number of rotatable bonds is 7. The molecule has 3 N–H and O–H groups in total. The van der Waals surface area contributed by atoms with E-state index in [-0.39, 0.29) is 0 Å². The molecule has 1 aromatic rings. The van der Waals surface area contributed by atoms with Crippen LogP contribution in [0.1, 0.15) is 32.1 Å². The number of anilines is 1. The molecule has 4 heteroatoms. The molecule has 0 atom stereocenters. The summed E-state index contributed by atoms with van der Waals surface area (Å²) >= 11 is 0. The first-order valence-electron chi connectivity index (χ1n) is 7.47. The smallest absolute Gasteiger partial charge is 0.142 e. The predicted molar refractivity (Wildman–Crippen MR) is 81.9 cm³/mol. The molecule has 1 aliphatic rings. The number of ether oxygens (including phenoxy) is 1. The second-order valence-corrected chi connectivity index (χ2v) is 5.91. The summed E-state index contributed by atoms with van der Waals surface area (Å²) in [6.45, 7) is 2.34. The van der Waals surface area contributed by atoms with Crippen LogP contribution in [-0.4, -0.2) is 42.4 Å². The Kier molecular flexibility index (Phi) is 5.26. The second kappa shape index (κ2) is 6.95. The van der Waals surface area contributed by atoms with Crippen molar-refractivity contribution in [3.8, 4) is 5.75 Å². The first-order valence-corrected chi connectivity index (χ1v) is 7.47. The fourth-order valence-electron chi connectivity index (χ4n) is 2.90. The lowest BCUT2D eigenvalue weighted by Gasteiger charge is -2.28. The van der Waals surface area contributed by atoms with Crippen molar-refractivity contribution in [2.75, 3.05) is 32.5 Å². The van der Waals surface area contributed by atoms with Gasteiger partial charge >= 0.3 is 0 Å². The predicted octanol–water partition coefficient (Wildman–Crippen LogP) is 2.27. The molecule has 1 aromatic carbocycles. The van der Waals surface area contributed by atoms with Crippen LogP contribution in [0.25, 0.3) is 0 Å². The number of nitrogens with zero attached hydrogens (tertiary/aromatic N) is 1. The average molecular weight is 278 g/mol. The van der Waals surface area contributed by atoms with Crippen molar-refractivity contribution < 1.29 is 9.84 Å².